The van der Waals surface area contributed by atoms with Crippen molar-refractivity contribution in [3.63, 3.8) is 0 Å². The molecule has 1 aromatic carbocycles. The van der Waals surface area contributed by atoms with Crippen LogP contribution in [0.4, 0.5) is 13.2 Å². The van der Waals surface area contributed by atoms with Crippen molar-refractivity contribution in [1.82, 2.24) is 0 Å². The highest BCUT2D eigenvalue weighted by Gasteiger charge is 2.38. The molecule has 0 aromatic heterocycles. The molecule has 6 heteroatoms. The van der Waals surface area contributed by atoms with Gasteiger partial charge in [0.1, 0.15) is 17.1 Å². The number of alkyl halides is 3. The van der Waals surface area contributed by atoms with Gasteiger partial charge in [-0.3, -0.25) is 0 Å². The summed E-state index contributed by atoms with van der Waals surface area (Å²) in [4.78, 5) is 0. The van der Waals surface area contributed by atoms with Gasteiger partial charge in [0.15, 0.2) is 0 Å². The van der Waals surface area contributed by atoms with Gasteiger partial charge in [0.05, 0.1) is 6.61 Å². The van der Waals surface area contributed by atoms with Crippen molar-refractivity contribution < 1.29 is 23.0 Å². The predicted molar refractivity (Wildman–Crippen MR) is 57.0 cm³/mol. The Bertz CT molecular complexity index is 363. The zero-order valence-electron chi connectivity index (χ0n) is 7.73. The number of hydrogen-bond donors (Lipinski definition) is 1. The van der Waals surface area contributed by atoms with Crippen molar-refractivity contribution in [2.75, 3.05) is 6.61 Å². The smallest absolute Gasteiger partial charge is 0.423 e. The van der Waals surface area contributed by atoms with Crippen LogP contribution in [0.2, 0.25) is 0 Å². The van der Waals surface area contributed by atoms with Gasteiger partial charge in [0, 0.05) is 3.57 Å². The Morgan fingerprint density at radius 2 is 2.00 bits per heavy atom. The van der Waals surface area contributed by atoms with Gasteiger partial charge >= 0.3 is 6.18 Å². The Labute approximate surface area is 98.2 Å². The monoisotopic (exact) mass is 332 g/mol. The van der Waals surface area contributed by atoms with Gasteiger partial charge < -0.3 is 9.84 Å². The second-order valence-corrected chi connectivity index (χ2v) is 3.97. The molecule has 0 atom stereocenters. The van der Waals surface area contributed by atoms with Crippen LogP contribution >= 0.6 is 22.6 Å². The van der Waals surface area contributed by atoms with E-state index in [0.717, 1.165) is 6.07 Å². The fraction of sp³-hybridized carbons (Fsp3) is 0.333. The van der Waals surface area contributed by atoms with Crippen molar-refractivity contribution in [2.45, 2.75) is 13.1 Å². The second kappa shape index (κ2) is 4.46. The van der Waals surface area contributed by atoms with Crippen molar-refractivity contribution in [1.29, 1.82) is 0 Å². The van der Waals surface area contributed by atoms with Crippen LogP contribution in [0, 0.1) is 3.57 Å². The molecule has 1 N–H and O–H groups in total. The van der Waals surface area contributed by atoms with E-state index in [1.807, 2.05) is 22.6 Å². The first-order valence-corrected chi connectivity index (χ1v) is 5.16. The average Bonchev–Trinajstić information content (AvgIpc) is 1.99. The number of phenols is 1. The molecule has 0 saturated carbocycles. The van der Waals surface area contributed by atoms with E-state index in [-0.39, 0.29) is 12.4 Å². The average molecular weight is 332 g/mol. The SMILES string of the molecule is CCOc1cc(I)cc(O)c1C(F)(F)F. The lowest BCUT2D eigenvalue weighted by Gasteiger charge is -2.14. The molecule has 1 rings (SSSR count). The first-order chi connectivity index (χ1) is 6.86. The Morgan fingerprint density at radius 3 is 2.47 bits per heavy atom. The van der Waals surface area contributed by atoms with Gasteiger partial charge in [0.25, 0.3) is 0 Å². The van der Waals surface area contributed by atoms with Crippen LogP contribution in [-0.4, -0.2) is 11.7 Å². The Balaban J connectivity index is 3.33. The lowest BCUT2D eigenvalue weighted by atomic mass is 10.1. The zero-order valence-corrected chi connectivity index (χ0v) is 9.89. The lowest BCUT2D eigenvalue weighted by Crippen LogP contribution is -2.09. The third-order valence-electron chi connectivity index (χ3n) is 1.63. The minimum atomic E-state index is -4.61. The van der Waals surface area contributed by atoms with Gasteiger partial charge in [-0.15, -0.1) is 0 Å². The summed E-state index contributed by atoms with van der Waals surface area (Å²) in [5, 5.41) is 9.23. The molecule has 0 amide bonds. The molecule has 0 aliphatic carbocycles. The predicted octanol–water partition coefficient (Wildman–Crippen LogP) is 3.41. The maximum absolute atomic E-state index is 12.5. The van der Waals surface area contributed by atoms with Crippen LogP contribution < -0.4 is 4.74 Å². The first-order valence-electron chi connectivity index (χ1n) is 4.08. The highest BCUT2D eigenvalue weighted by Crippen LogP contribution is 2.42. The third-order valence-corrected chi connectivity index (χ3v) is 2.25. The van der Waals surface area contributed by atoms with Gasteiger partial charge in [-0.25, -0.2) is 0 Å². The Morgan fingerprint density at radius 1 is 1.40 bits per heavy atom. The summed E-state index contributed by atoms with van der Waals surface area (Å²) >= 11 is 1.81. The molecule has 84 valence electrons. The molecule has 0 fully saturated rings. The number of rotatable bonds is 2. The van der Waals surface area contributed by atoms with Crippen LogP contribution in [-0.2, 0) is 6.18 Å². The van der Waals surface area contributed by atoms with Crippen LogP contribution in [0.3, 0.4) is 0 Å². The minimum absolute atomic E-state index is 0.114. The normalized spacial score (nSPS) is 11.5. The van der Waals surface area contributed by atoms with Crippen LogP contribution in [0.1, 0.15) is 12.5 Å². The summed E-state index contributed by atoms with van der Waals surface area (Å²) in [6.07, 6.45) is -4.61. The van der Waals surface area contributed by atoms with E-state index in [1.54, 1.807) is 6.92 Å². The number of halogens is 4. The minimum Gasteiger partial charge on any atom is -0.507 e. The summed E-state index contributed by atoms with van der Waals surface area (Å²) in [7, 11) is 0. The van der Waals surface area contributed by atoms with E-state index in [1.165, 1.54) is 6.07 Å². The molecule has 0 aliphatic rings. The van der Waals surface area contributed by atoms with Crippen molar-refractivity contribution >= 4 is 22.6 Å². The van der Waals surface area contributed by atoms with E-state index in [0.29, 0.717) is 3.57 Å². The Kier molecular flexibility index (Phi) is 3.69. The highest BCUT2D eigenvalue weighted by atomic mass is 127. The molecular formula is C9H8F3IO2. The molecule has 0 saturated heterocycles. The van der Waals surface area contributed by atoms with Crippen LogP contribution in [0.15, 0.2) is 12.1 Å². The molecule has 2 nitrogen and oxygen atoms in total. The third kappa shape index (κ3) is 2.90. The molecule has 0 spiro atoms. The first kappa shape index (κ1) is 12.4. The lowest BCUT2D eigenvalue weighted by molar-refractivity contribution is -0.140. The molecule has 0 aliphatic heterocycles. The number of phenolic OH excluding ortho intramolecular Hbond substituents is 1. The van der Waals surface area contributed by atoms with Gasteiger partial charge in [-0.05, 0) is 41.6 Å². The van der Waals surface area contributed by atoms with Crippen molar-refractivity contribution in [3.8, 4) is 11.5 Å². The summed E-state index contributed by atoms with van der Waals surface area (Å²) in [6.45, 7) is 1.69. The summed E-state index contributed by atoms with van der Waals surface area (Å²) in [6, 6.07) is 2.29. The van der Waals surface area contributed by atoms with Gasteiger partial charge in [-0.2, -0.15) is 13.2 Å². The largest absolute Gasteiger partial charge is 0.507 e. The van der Waals surface area contributed by atoms with Crippen molar-refractivity contribution in [3.05, 3.63) is 21.3 Å². The molecule has 0 radical (unpaired) electrons. The van der Waals surface area contributed by atoms with Crippen LogP contribution in [0.25, 0.3) is 0 Å². The molecular weight excluding hydrogens is 324 g/mol. The molecule has 15 heavy (non-hydrogen) atoms. The van der Waals surface area contributed by atoms with Gasteiger partial charge in [0.2, 0.25) is 0 Å². The molecule has 1 aromatic rings. The van der Waals surface area contributed by atoms with Crippen molar-refractivity contribution in [2.24, 2.45) is 0 Å². The molecule has 0 heterocycles. The zero-order chi connectivity index (χ0) is 11.6. The highest BCUT2D eigenvalue weighted by molar-refractivity contribution is 14.1. The topological polar surface area (TPSA) is 29.5 Å². The maximum Gasteiger partial charge on any atom is 0.423 e. The quantitative estimate of drug-likeness (QED) is 0.841. The van der Waals surface area contributed by atoms with E-state index in [4.69, 9.17) is 4.74 Å². The van der Waals surface area contributed by atoms with Crippen LogP contribution in [0.5, 0.6) is 11.5 Å². The second-order valence-electron chi connectivity index (χ2n) is 2.73. The summed E-state index contributed by atoms with van der Waals surface area (Å²) < 4.78 is 42.9. The number of aromatic hydroxyl groups is 1. The summed E-state index contributed by atoms with van der Waals surface area (Å²) in [5.74, 6) is -1.15. The number of benzene rings is 1. The molecule has 0 unspecified atom stereocenters. The maximum atomic E-state index is 12.5. The number of hydrogen-bond acceptors (Lipinski definition) is 2. The van der Waals surface area contributed by atoms with Gasteiger partial charge in [-0.1, -0.05) is 0 Å². The van der Waals surface area contributed by atoms with E-state index in [9.17, 15) is 18.3 Å². The fourth-order valence-electron chi connectivity index (χ4n) is 1.12. The van der Waals surface area contributed by atoms with E-state index < -0.39 is 17.5 Å². The number of ether oxygens (including phenoxy) is 1. The molecule has 0 bridgehead atoms. The van der Waals surface area contributed by atoms with E-state index >= 15 is 0 Å². The van der Waals surface area contributed by atoms with E-state index in [2.05, 4.69) is 0 Å². The Hall–Kier alpha value is -0.660. The summed E-state index contributed by atoms with van der Waals surface area (Å²) in [5.41, 5.74) is -1.12. The fourth-order valence-corrected chi connectivity index (χ4v) is 1.70. The standard InChI is InChI=1S/C9H8F3IO2/c1-2-15-7-4-5(13)3-6(14)8(7)9(10,11)12/h3-4,14H,2H2,1H3.